The molecule has 0 saturated heterocycles. The Labute approximate surface area is 190 Å². The van der Waals surface area contributed by atoms with Crippen LogP contribution in [0.25, 0.3) is 44.1 Å². The van der Waals surface area contributed by atoms with E-state index in [1.54, 1.807) is 0 Å². The standard InChI is InChI=1S/C28H25F2N2O/c1-16-7-9-21-26-22(30)13-19(29)14-24(26)33-28(21)25(16)27-20-10-8-18(11-17-5-3-4-6-17)12-23(20)31-15-32(27)2/h7-10,12-15,17H,3-6,11H2,1-2H3/q+1. The summed E-state index contributed by atoms with van der Waals surface area (Å²) in [5.74, 6) is -0.491. The number of rotatable bonds is 3. The number of nitrogens with zero attached hydrogens (tertiary/aromatic N) is 2. The number of furan rings is 1. The number of hydrogen-bond acceptors (Lipinski definition) is 2. The Hall–Kier alpha value is -3.34. The van der Waals surface area contributed by atoms with E-state index in [0.717, 1.165) is 46.1 Å². The zero-order valence-corrected chi connectivity index (χ0v) is 18.8. The summed E-state index contributed by atoms with van der Waals surface area (Å²) in [5.41, 5.74) is 5.86. The van der Waals surface area contributed by atoms with E-state index in [1.165, 1.54) is 37.3 Å². The SMILES string of the molecule is Cc1ccc2c(oc3cc(F)cc(F)c32)c1-c1c2ccc(CC3CCCC3)cc2nc[n+]1C. The van der Waals surface area contributed by atoms with Crippen LogP contribution < -0.4 is 4.57 Å². The van der Waals surface area contributed by atoms with Gasteiger partial charge in [-0.05, 0) is 47.5 Å². The molecule has 0 spiro atoms. The highest BCUT2D eigenvalue weighted by atomic mass is 19.1. The second-order valence-corrected chi connectivity index (χ2v) is 9.41. The summed E-state index contributed by atoms with van der Waals surface area (Å²) in [5, 5.41) is 1.97. The first-order valence-electron chi connectivity index (χ1n) is 11.6. The van der Waals surface area contributed by atoms with Gasteiger partial charge in [-0.1, -0.05) is 43.9 Å². The largest absolute Gasteiger partial charge is 0.455 e. The van der Waals surface area contributed by atoms with E-state index in [0.29, 0.717) is 16.4 Å². The minimum absolute atomic E-state index is 0.217. The molecule has 0 amide bonds. The number of hydrogen-bond donors (Lipinski definition) is 0. The van der Waals surface area contributed by atoms with Gasteiger partial charge < -0.3 is 4.42 Å². The molecule has 0 radical (unpaired) electrons. The lowest BCUT2D eigenvalue weighted by atomic mass is 9.95. The number of benzene rings is 3. The molecule has 166 valence electrons. The second-order valence-electron chi connectivity index (χ2n) is 9.41. The van der Waals surface area contributed by atoms with Gasteiger partial charge in [-0.15, -0.1) is 0 Å². The highest BCUT2D eigenvalue weighted by Gasteiger charge is 2.24. The Morgan fingerprint density at radius 1 is 1.03 bits per heavy atom. The van der Waals surface area contributed by atoms with Gasteiger partial charge in [-0.3, -0.25) is 0 Å². The van der Waals surface area contributed by atoms with E-state index in [1.807, 2.05) is 37.0 Å². The fraction of sp³-hybridized carbons (Fsp3) is 0.286. The lowest BCUT2D eigenvalue weighted by Crippen LogP contribution is -2.32. The van der Waals surface area contributed by atoms with Crippen LogP contribution in [0, 0.1) is 24.5 Å². The molecule has 1 aliphatic carbocycles. The minimum atomic E-state index is -0.646. The average molecular weight is 444 g/mol. The lowest BCUT2D eigenvalue weighted by molar-refractivity contribution is -0.662. The van der Waals surface area contributed by atoms with Crippen LogP contribution in [0.4, 0.5) is 8.78 Å². The maximum absolute atomic E-state index is 14.7. The van der Waals surface area contributed by atoms with E-state index in [-0.39, 0.29) is 5.58 Å². The van der Waals surface area contributed by atoms with Crippen molar-refractivity contribution in [2.45, 2.75) is 39.0 Å². The average Bonchev–Trinajstić information content (AvgIpc) is 3.42. The van der Waals surface area contributed by atoms with Gasteiger partial charge in [0, 0.05) is 17.5 Å². The molecule has 0 unspecified atom stereocenters. The molecule has 2 aromatic heterocycles. The molecule has 5 aromatic rings. The molecule has 1 saturated carbocycles. The third kappa shape index (κ3) is 3.29. The maximum Gasteiger partial charge on any atom is 0.287 e. The van der Waals surface area contributed by atoms with Crippen LogP contribution in [0.1, 0.15) is 36.8 Å². The van der Waals surface area contributed by atoms with Crippen molar-refractivity contribution in [1.29, 1.82) is 0 Å². The summed E-state index contributed by atoms with van der Waals surface area (Å²) in [4.78, 5) is 4.70. The van der Waals surface area contributed by atoms with Gasteiger partial charge >= 0.3 is 0 Å². The smallest absolute Gasteiger partial charge is 0.287 e. The van der Waals surface area contributed by atoms with Gasteiger partial charge in [0.05, 0.1) is 23.4 Å². The highest BCUT2D eigenvalue weighted by molar-refractivity contribution is 6.11. The zero-order valence-electron chi connectivity index (χ0n) is 18.8. The van der Waals surface area contributed by atoms with Crippen molar-refractivity contribution in [2.75, 3.05) is 0 Å². The van der Waals surface area contributed by atoms with Crippen LogP contribution in [0.15, 0.2) is 53.2 Å². The molecule has 33 heavy (non-hydrogen) atoms. The molecule has 2 heterocycles. The van der Waals surface area contributed by atoms with Crippen LogP contribution in [-0.4, -0.2) is 4.98 Å². The van der Waals surface area contributed by atoms with Crippen LogP contribution >= 0.6 is 0 Å². The van der Waals surface area contributed by atoms with E-state index >= 15 is 0 Å². The predicted molar refractivity (Wildman–Crippen MR) is 126 cm³/mol. The summed E-state index contributed by atoms with van der Waals surface area (Å²) in [6.45, 7) is 2.01. The molecular formula is C28H25F2N2O+. The van der Waals surface area contributed by atoms with Gasteiger partial charge in [0.1, 0.15) is 28.5 Å². The van der Waals surface area contributed by atoms with Gasteiger partial charge in [-0.2, -0.15) is 0 Å². The topological polar surface area (TPSA) is 29.9 Å². The van der Waals surface area contributed by atoms with Gasteiger partial charge in [0.15, 0.2) is 5.52 Å². The molecular weight excluding hydrogens is 418 g/mol. The summed E-state index contributed by atoms with van der Waals surface area (Å²) < 4.78 is 36.6. The lowest BCUT2D eigenvalue weighted by Gasteiger charge is -2.11. The fourth-order valence-electron chi connectivity index (χ4n) is 5.55. The molecule has 0 bridgehead atoms. The summed E-state index contributed by atoms with van der Waals surface area (Å²) in [6.07, 6.45) is 8.20. The van der Waals surface area contributed by atoms with Crippen molar-refractivity contribution in [3.05, 3.63) is 71.6 Å². The number of fused-ring (bicyclic) bond motifs is 4. The molecule has 3 nitrogen and oxygen atoms in total. The Morgan fingerprint density at radius 3 is 2.64 bits per heavy atom. The molecule has 1 fully saturated rings. The van der Waals surface area contributed by atoms with Crippen LogP contribution in [0.5, 0.6) is 0 Å². The predicted octanol–water partition coefficient (Wildman–Crippen LogP) is 6.95. The van der Waals surface area contributed by atoms with Crippen molar-refractivity contribution < 1.29 is 17.8 Å². The maximum atomic E-state index is 14.7. The molecule has 5 heteroatoms. The van der Waals surface area contributed by atoms with Crippen molar-refractivity contribution in [1.82, 2.24) is 4.98 Å². The summed E-state index contributed by atoms with van der Waals surface area (Å²) in [7, 11) is 1.95. The molecule has 0 atom stereocenters. The molecule has 0 N–H and O–H groups in total. The number of halogens is 2. The normalized spacial score (nSPS) is 14.8. The van der Waals surface area contributed by atoms with Crippen LogP contribution in [-0.2, 0) is 13.5 Å². The Kier molecular flexibility index (Phi) is 4.68. The summed E-state index contributed by atoms with van der Waals surface area (Å²) in [6, 6.07) is 12.5. The first-order chi connectivity index (χ1) is 16.0. The molecule has 1 aliphatic rings. The van der Waals surface area contributed by atoms with E-state index in [9.17, 15) is 8.78 Å². The molecule has 6 rings (SSSR count). The van der Waals surface area contributed by atoms with E-state index in [4.69, 9.17) is 9.40 Å². The van der Waals surface area contributed by atoms with Crippen molar-refractivity contribution >= 4 is 32.8 Å². The quantitative estimate of drug-likeness (QED) is 0.283. The van der Waals surface area contributed by atoms with Gasteiger partial charge in [0.2, 0.25) is 0 Å². The van der Waals surface area contributed by atoms with Crippen molar-refractivity contribution in [3.8, 4) is 11.3 Å². The Balaban J connectivity index is 1.59. The zero-order chi connectivity index (χ0) is 22.7. The van der Waals surface area contributed by atoms with Gasteiger partial charge in [0.25, 0.3) is 6.33 Å². The van der Waals surface area contributed by atoms with Gasteiger partial charge in [-0.25, -0.2) is 13.3 Å². The van der Waals surface area contributed by atoms with Crippen LogP contribution in [0.2, 0.25) is 0 Å². The third-order valence-electron chi connectivity index (χ3n) is 7.14. The Morgan fingerprint density at radius 2 is 1.82 bits per heavy atom. The minimum Gasteiger partial charge on any atom is -0.455 e. The monoisotopic (exact) mass is 443 g/mol. The van der Waals surface area contributed by atoms with Crippen molar-refractivity contribution in [3.63, 3.8) is 0 Å². The van der Waals surface area contributed by atoms with E-state index in [2.05, 4.69) is 18.2 Å². The third-order valence-corrected chi connectivity index (χ3v) is 7.14. The molecule has 3 aromatic carbocycles. The second kappa shape index (κ2) is 7.62. The Bertz CT molecular complexity index is 1550. The first kappa shape index (κ1) is 20.3. The number of aromatic nitrogens is 2. The van der Waals surface area contributed by atoms with Crippen LogP contribution in [0.3, 0.4) is 0 Å². The summed E-state index contributed by atoms with van der Waals surface area (Å²) >= 11 is 0. The fourth-order valence-corrected chi connectivity index (χ4v) is 5.55. The number of aryl methyl sites for hydroxylation is 2. The first-order valence-corrected chi connectivity index (χ1v) is 11.6. The van der Waals surface area contributed by atoms with E-state index < -0.39 is 11.6 Å². The highest BCUT2D eigenvalue weighted by Crippen LogP contribution is 2.40. The molecule has 0 aliphatic heterocycles. The van der Waals surface area contributed by atoms with Crippen molar-refractivity contribution in [2.24, 2.45) is 13.0 Å².